The Morgan fingerprint density at radius 1 is 0.950 bits per heavy atom. The van der Waals surface area contributed by atoms with Crippen molar-refractivity contribution < 1.29 is 9.13 Å². The lowest BCUT2D eigenvalue weighted by Crippen LogP contribution is -2.21. The van der Waals surface area contributed by atoms with E-state index in [0.717, 1.165) is 25.7 Å². The van der Waals surface area contributed by atoms with Gasteiger partial charge in [-0.2, -0.15) is 9.37 Å². The van der Waals surface area contributed by atoms with Crippen molar-refractivity contribution in [1.29, 1.82) is 0 Å². The van der Waals surface area contributed by atoms with Crippen LogP contribution in [0.5, 0.6) is 5.88 Å². The predicted octanol–water partition coefficient (Wildman–Crippen LogP) is 5.00. The summed E-state index contributed by atoms with van der Waals surface area (Å²) < 4.78 is 19.3. The fraction of sp³-hybridized carbons (Fsp3) is 0.750. The molecule has 1 heterocycles. The Bertz CT molecular complexity index is 377. The van der Waals surface area contributed by atoms with Crippen LogP contribution in [0.25, 0.3) is 0 Å². The first-order valence-electron chi connectivity index (χ1n) is 7.84. The van der Waals surface area contributed by atoms with E-state index in [9.17, 15) is 4.39 Å². The first-order chi connectivity index (χ1) is 9.66. The van der Waals surface area contributed by atoms with Gasteiger partial charge < -0.3 is 4.74 Å². The van der Waals surface area contributed by atoms with Crippen LogP contribution in [0.1, 0.15) is 71.3 Å². The van der Waals surface area contributed by atoms with Gasteiger partial charge in [0, 0.05) is 0 Å². The molecule has 20 heavy (non-hydrogen) atoms. The van der Waals surface area contributed by atoms with E-state index in [2.05, 4.69) is 9.97 Å². The maximum Gasteiger partial charge on any atom is 0.254 e. The van der Waals surface area contributed by atoms with Crippen molar-refractivity contribution in [1.82, 2.24) is 9.97 Å². The molecule has 1 saturated carbocycles. The van der Waals surface area contributed by atoms with E-state index in [-0.39, 0.29) is 12.0 Å². The molecule has 0 aliphatic heterocycles. The van der Waals surface area contributed by atoms with E-state index < -0.39 is 5.82 Å². The summed E-state index contributed by atoms with van der Waals surface area (Å²) in [6, 6.07) is 0. The SMILES string of the molecule is CC.CC.Cc1nc(C)c(F)c(OC2CCCCC2)n1. The first kappa shape index (κ1) is 18.8. The molecule has 0 atom stereocenters. The lowest BCUT2D eigenvalue weighted by molar-refractivity contribution is 0.141. The monoisotopic (exact) mass is 284 g/mol. The van der Waals surface area contributed by atoms with Crippen LogP contribution < -0.4 is 4.74 Å². The van der Waals surface area contributed by atoms with E-state index in [0.29, 0.717) is 11.5 Å². The molecular formula is C16H29FN2O. The fourth-order valence-corrected chi connectivity index (χ4v) is 2.09. The van der Waals surface area contributed by atoms with Gasteiger partial charge in [-0.15, -0.1) is 0 Å². The van der Waals surface area contributed by atoms with Gasteiger partial charge in [0.15, 0.2) is 0 Å². The second-order valence-electron chi connectivity index (χ2n) is 4.35. The third kappa shape index (κ3) is 5.85. The minimum atomic E-state index is -0.420. The van der Waals surface area contributed by atoms with Gasteiger partial charge in [-0.1, -0.05) is 34.1 Å². The highest BCUT2D eigenvalue weighted by atomic mass is 19.1. The van der Waals surface area contributed by atoms with Crippen LogP contribution >= 0.6 is 0 Å². The zero-order valence-electron chi connectivity index (χ0n) is 13.8. The molecule has 1 fully saturated rings. The summed E-state index contributed by atoms with van der Waals surface area (Å²) in [5, 5.41) is 0. The highest BCUT2D eigenvalue weighted by Gasteiger charge is 2.19. The molecule has 0 radical (unpaired) electrons. The summed E-state index contributed by atoms with van der Waals surface area (Å²) in [7, 11) is 0. The molecule has 0 spiro atoms. The number of halogens is 1. The summed E-state index contributed by atoms with van der Waals surface area (Å²) in [6.45, 7) is 11.4. The standard InChI is InChI=1S/C12H17FN2O.2C2H6/c1-8-11(13)12(15-9(2)14-8)16-10-6-4-3-5-7-10;2*1-2/h10H,3-7H2,1-2H3;2*1-2H3. The fourth-order valence-electron chi connectivity index (χ4n) is 2.09. The summed E-state index contributed by atoms with van der Waals surface area (Å²) in [5.41, 5.74) is 0.360. The average molecular weight is 284 g/mol. The van der Waals surface area contributed by atoms with Crippen molar-refractivity contribution >= 4 is 0 Å². The molecule has 0 saturated heterocycles. The van der Waals surface area contributed by atoms with Crippen molar-refractivity contribution in [2.24, 2.45) is 0 Å². The lowest BCUT2D eigenvalue weighted by Gasteiger charge is -2.22. The Balaban J connectivity index is 0.000000829. The summed E-state index contributed by atoms with van der Waals surface area (Å²) in [5.74, 6) is 0.262. The minimum absolute atomic E-state index is 0.122. The zero-order valence-corrected chi connectivity index (χ0v) is 13.8. The van der Waals surface area contributed by atoms with E-state index >= 15 is 0 Å². The predicted molar refractivity (Wildman–Crippen MR) is 81.7 cm³/mol. The molecule has 1 aromatic heterocycles. The number of hydrogen-bond acceptors (Lipinski definition) is 3. The Kier molecular flexibility index (Phi) is 9.95. The highest BCUT2D eigenvalue weighted by molar-refractivity contribution is 5.18. The average Bonchev–Trinajstić information content (AvgIpc) is 2.49. The minimum Gasteiger partial charge on any atom is -0.472 e. The Morgan fingerprint density at radius 2 is 1.50 bits per heavy atom. The quantitative estimate of drug-likeness (QED) is 0.767. The van der Waals surface area contributed by atoms with Crippen molar-refractivity contribution in [3.63, 3.8) is 0 Å². The van der Waals surface area contributed by atoms with Crippen molar-refractivity contribution in [2.75, 3.05) is 0 Å². The summed E-state index contributed by atoms with van der Waals surface area (Å²) in [4.78, 5) is 7.98. The zero-order chi connectivity index (χ0) is 15.5. The summed E-state index contributed by atoms with van der Waals surface area (Å²) >= 11 is 0. The maximum absolute atomic E-state index is 13.7. The molecule has 0 unspecified atom stereocenters. The van der Waals surface area contributed by atoms with Crippen LogP contribution in [0.2, 0.25) is 0 Å². The number of rotatable bonds is 2. The number of hydrogen-bond donors (Lipinski definition) is 0. The Labute approximate surface area is 123 Å². The molecular weight excluding hydrogens is 255 g/mol. The molecule has 3 nitrogen and oxygen atoms in total. The smallest absolute Gasteiger partial charge is 0.254 e. The largest absolute Gasteiger partial charge is 0.472 e. The molecule has 2 rings (SSSR count). The van der Waals surface area contributed by atoms with Gasteiger partial charge in [-0.25, -0.2) is 4.98 Å². The highest BCUT2D eigenvalue weighted by Crippen LogP contribution is 2.24. The summed E-state index contributed by atoms with van der Waals surface area (Å²) in [6.07, 6.45) is 5.70. The molecule has 116 valence electrons. The lowest BCUT2D eigenvalue weighted by atomic mass is 9.98. The molecule has 4 heteroatoms. The van der Waals surface area contributed by atoms with Crippen molar-refractivity contribution in [3.8, 4) is 5.88 Å². The van der Waals surface area contributed by atoms with E-state index in [1.165, 1.54) is 6.42 Å². The second kappa shape index (κ2) is 10.6. The van der Waals surface area contributed by atoms with Gasteiger partial charge in [-0.05, 0) is 39.5 Å². The molecule has 1 aliphatic carbocycles. The maximum atomic E-state index is 13.7. The Morgan fingerprint density at radius 3 is 2.05 bits per heavy atom. The molecule has 0 bridgehead atoms. The molecule has 0 aromatic carbocycles. The third-order valence-electron chi connectivity index (χ3n) is 2.93. The van der Waals surface area contributed by atoms with Crippen LogP contribution in [0.4, 0.5) is 4.39 Å². The Hall–Kier alpha value is -1.19. The first-order valence-corrected chi connectivity index (χ1v) is 7.84. The molecule has 0 N–H and O–H groups in total. The second-order valence-corrected chi connectivity index (χ2v) is 4.35. The number of aryl methyl sites for hydroxylation is 2. The van der Waals surface area contributed by atoms with Crippen LogP contribution in [-0.2, 0) is 0 Å². The van der Waals surface area contributed by atoms with Gasteiger partial charge in [0.05, 0.1) is 5.69 Å². The van der Waals surface area contributed by atoms with Crippen LogP contribution in [0, 0.1) is 19.7 Å². The van der Waals surface area contributed by atoms with Crippen LogP contribution in [-0.4, -0.2) is 16.1 Å². The van der Waals surface area contributed by atoms with Gasteiger partial charge >= 0.3 is 0 Å². The van der Waals surface area contributed by atoms with Gasteiger partial charge in [0.1, 0.15) is 11.9 Å². The van der Waals surface area contributed by atoms with Crippen LogP contribution in [0.3, 0.4) is 0 Å². The van der Waals surface area contributed by atoms with E-state index in [1.54, 1.807) is 13.8 Å². The van der Waals surface area contributed by atoms with Gasteiger partial charge in [-0.3, -0.25) is 0 Å². The van der Waals surface area contributed by atoms with E-state index in [1.807, 2.05) is 27.7 Å². The van der Waals surface area contributed by atoms with Crippen molar-refractivity contribution in [3.05, 3.63) is 17.3 Å². The van der Waals surface area contributed by atoms with E-state index in [4.69, 9.17) is 4.74 Å². The molecule has 1 aromatic rings. The van der Waals surface area contributed by atoms with Gasteiger partial charge in [0.25, 0.3) is 5.88 Å². The molecule has 1 aliphatic rings. The molecule has 0 amide bonds. The number of nitrogens with zero attached hydrogens (tertiary/aromatic N) is 2. The topological polar surface area (TPSA) is 35.0 Å². The number of ether oxygens (including phenoxy) is 1. The van der Waals surface area contributed by atoms with Crippen molar-refractivity contribution in [2.45, 2.75) is 79.8 Å². The van der Waals surface area contributed by atoms with Gasteiger partial charge in [0.2, 0.25) is 5.82 Å². The normalized spacial score (nSPS) is 14.6. The van der Waals surface area contributed by atoms with Crippen LogP contribution in [0.15, 0.2) is 0 Å². The third-order valence-corrected chi connectivity index (χ3v) is 2.93. The number of aromatic nitrogens is 2.